The molecule has 0 saturated carbocycles. The van der Waals surface area contributed by atoms with Crippen molar-refractivity contribution in [1.82, 2.24) is 9.80 Å². The molecule has 0 spiro atoms. The van der Waals surface area contributed by atoms with Crippen LogP contribution >= 0.6 is 0 Å². The number of nitrogens with zero attached hydrogens (tertiary/aromatic N) is 2. The van der Waals surface area contributed by atoms with Gasteiger partial charge in [0, 0.05) is 38.6 Å². The number of nitrogens with two attached hydrogens (primary N) is 1. The number of carboxylic acids is 1. The first-order valence-electron chi connectivity index (χ1n) is 6.42. The standard InChI is InChI=1S/C12H23N3O3/c1-9(2)14-5-7-15(8-6-14)11(16)4-3-10(13)12(17)18/h9-10H,3-8,13H2,1-2H3,(H,17,18)/t10-/m0/s1. The van der Waals surface area contributed by atoms with Crippen molar-refractivity contribution in [3.05, 3.63) is 0 Å². The fourth-order valence-electron chi connectivity index (χ4n) is 2.05. The third-order valence-corrected chi connectivity index (χ3v) is 3.38. The van der Waals surface area contributed by atoms with Crippen LogP contribution in [0.25, 0.3) is 0 Å². The van der Waals surface area contributed by atoms with Crippen LogP contribution in [-0.2, 0) is 9.59 Å². The Morgan fingerprint density at radius 3 is 2.22 bits per heavy atom. The number of carbonyl (C=O) groups excluding carboxylic acids is 1. The van der Waals surface area contributed by atoms with Gasteiger partial charge in [-0.25, -0.2) is 0 Å². The maximum atomic E-state index is 11.9. The number of carbonyl (C=O) groups is 2. The summed E-state index contributed by atoms with van der Waals surface area (Å²) >= 11 is 0. The monoisotopic (exact) mass is 257 g/mol. The van der Waals surface area contributed by atoms with Gasteiger partial charge in [-0.2, -0.15) is 0 Å². The van der Waals surface area contributed by atoms with Gasteiger partial charge < -0.3 is 15.7 Å². The molecule has 1 saturated heterocycles. The van der Waals surface area contributed by atoms with E-state index in [9.17, 15) is 9.59 Å². The molecule has 1 aliphatic rings. The molecule has 6 heteroatoms. The summed E-state index contributed by atoms with van der Waals surface area (Å²) in [5, 5.41) is 8.64. The van der Waals surface area contributed by atoms with Crippen molar-refractivity contribution in [1.29, 1.82) is 0 Å². The fourth-order valence-corrected chi connectivity index (χ4v) is 2.05. The van der Waals surface area contributed by atoms with E-state index < -0.39 is 12.0 Å². The van der Waals surface area contributed by atoms with Crippen molar-refractivity contribution in [2.75, 3.05) is 26.2 Å². The lowest BCUT2D eigenvalue weighted by atomic mass is 10.1. The van der Waals surface area contributed by atoms with Crippen LogP contribution in [0.1, 0.15) is 26.7 Å². The van der Waals surface area contributed by atoms with Gasteiger partial charge in [0.1, 0.15) is 6.04 Å². The summed E-state index contributed by atoms with van der Waals surface area (Å²) in [6.45, 7) is 7.49. The van der Waals surface area contributed by atoms with Crippen molar-refractivity contribution in [2.45, 2.75) is 38.8 Å². The number of carboxylic acid groups (broad SMARTS) is 1. The minimum atomic E-state index is -1.05. The zero-order valence-electron chi connectivity index (χ0n) is 11.1. The molecule has 1 aliphatic heterocycles. The van der Waals surface area contributed by atoms with Crippen LogP contribution in [0, 0.1) is 0 Å². The van der Waals surface area contributed by atoms with Gasteiger partial charge in [-0.1, -0.05) is 0 Å². The molecule has 0 unspecified atom stereocenters. The quantitative estimate of drug-likeness (QED) is 0.708. The normalized spacial score (nSPS) is 19.0. The predicted molar refractivity (Wildman–Crippen MR) is 68.1 cm³/mol. The molecule has 0 aromatic heterocycles. The van der Waals surface area contributed by atoms with E-state index in [0.717, 1.165) is 26.2 Å². The highest BCUT2D eigenvalue weighted by Crippen LogP contribution is 2.08. The van der Waals surface area contributed by atoms with Crippen LogP contribution in [0.2, 0.25) is 0 Å². The van der Waals surface area contributed by atoms with E-state index in [0.29, 0.717) is 6.04 Å². The van der Waals surface area contributed by atoms with Crippen molar-refractivity contribution in [3.63, 3.8) is 0 Å². The van der Waals surface area contributed by atoms with Crippen LogP contribution in [-0.4, -0.2) is 65.0 Å². The van der Waals surface area contributed by atoms with Crippen LogP contribution in [0.3, 0.4) is 0 Å². The third-order valence-electron chi connectivity index (χ3n) is 3.38. The van der Waals surface area contributed by atoms with E-state index in [-0.39, 0.29) is 18.7 Å². The first kappa shape index (κ1) is 14.9. The van der Waals surface area contributed by atoms with Gasteiger partial charge in [0.15, 0.2) is 0 Å². The fraction of sp³-hybridized carbons (Fsp3) is 0.833. The molecule has 0 aliphatic carbocycles. The Morgan fingerprint density at radius 1 is 1.22 bits per heavy atom. The van der Waals surface area contributed by atoms with Crippen LogP contribution in [0.5, 0.6) is 0 Å². The van der Waals surface area contributed by atoms with E-state index in [2.05, 4.69) is 18.7 Å². The Balaban J connectivity index is 2.30. The lowest BCUT2D eigenvalue weighted by Crippen LogP contribution is -2.50. The molecule has 1 rings (SSSR count). The molecule has 1 heterocycles. The van der Waals surface area contributed by atoms with E-state index >= 15 is 0 Å². The van der Waals surface area contributed by atoms with Gasteiger partial charge in [0.25, 0.3) is 0 Å². The Kier molecular flexibility index (Phi) is 5.55. The molecule has 1 atom stereocenters. The van der Waals surface area contributed by atoms with Crippen LogP contribution in [0.4, 0.5) is 0 Å². The minimum Gasteiger partial charge on any atom is -0.480 e. The summed E-state index contributed by atoms with van der Waals surface area (Å²) in [5.41, 5.74) is 5.38. The summed E-state index contributed by atoms with van der Waals surface area (Å²) in [4.78, 5) is 26.5. The zero-order valence-corrected chi connectivity index (χ0v) is 11.1. The number of amides is 1. The highest BCUT2D eigenvalue weighted by Gasteiger charge is 2.23. The number of aliphatic carboxylic acids is 1. The van der Waals surface area contributed by atoms with Gasteiger partial charge in [-0.3, -0.25) is 14.5 Å². The van der Waals surface area contributed by atoms with E-state index in [4.69, 9.17) is 10.8 Å². The summed E-state index contributed by atoms with van der Waals surface area (Å²) in [6.07, 6.45) is 0.424. The SMILES string of the molecule is CC(C)N1CCN(C(=O)CC[C@H](N)C(=O)O)CC1. The third kappa shape index (κ3) is 4.27. The average Bonchev–Trinajstić information content (AvgIpc) is 2.35. The average molecular weight is 257 g/mol. The number of hydrogen-bond donors (Lipinski definition) is 2. The molecule has 0 aromatic carbocycles. The highest BCUT2D eigenvalue weighted by molar-refractivity contribution is 5.78. The van der Waals surface area contributed by atoms with E-state index in [1.54, 1.807) is 4.90 Å². The first-order chi connectivity index (χ1) is 8.41. The van der Waals surface area contributed by atoms with E-state index in [1.807, 2.05) is 0 Å². The van der Waals surface area contributed by atoms with Gasteiger partial charge in [-0.15, -0.1) is 0 Å². The zero-order chi connectivity index (χ0) is 13.7. The Morgan fingerprint density at radius 2 is 1.78 bits per heavy atom. The molecule has 0 aromatic rings. The lowest BCUT2D eigenvalue weighted by molar-refractivity contribution is -0.139. The van der Waals surface area contributed by atoms with E-state index in [1.165, 1.54) is 0 Å². The van der Waals surface area contributed by atoms with Crippen molar-refractivity contribution in [2.24, 2.45) is 5.73 Å². The predicted octanol–water partition coefficient (Wildman–Crippen LogP) is -0.269. The largest absolute Gasteiger partial charge is 0.480 e. The molecule has 18 heavy (non-hydrogen) atoms. The van der Waals surface area contributed by atoms with Crippen LogP contribution < -0.4 is 5.73 Å². The Labute approximate surface area is 108 Å². The number of rotatable bonds is 5. The molecule has 0 radical (unpaired) electrons. The number of piperazine rings is 1. The minimum absolute atomic E-state index is 0.00936. The van der Waals surface area contributed by atoms with Crippen molar-refractivity contribution < 1.29 is 14.7 Å². The number of hydrogen-bond acceptors (Lipinski definition) is 4. The van der Waals surface area contributed by atoms with Crippen molar-refractivity contribution in [3.8, 4) is 0 Å². The van der Waals surface area contributed by atoms with Crippen LogP contribution in [0.15, 0.2) is 0 Å². The van der Waals surface area contributed by atoms with Gasteiger partial charge in [0.2, 0.25) is 5.91 Å². The Bertz CT molecular complexity index is 299. The summed E-state index contributed by atoms with van der Waals surface area (Å²) in [6, 6.07) is -0.436. The Hall–Kier alpha value is -1.14. The van der Waals surface area contributed by atoms with Gasteiger partial charge in [0.05, 0.1) is 0 Å². The lowest BCUT2D eigenvalue weighted by Gasteiger charge is -2.37. The maximum Gasteiger partial charge on any atom is 0.320 e. The van der Waals surface area contributed by atoms with Crippen molar-refractivity contribution >= 4 is 11.9 Å². The van der Waals surface area contributed by atoms with Gasteiger partial charge >= 0.3 is 5.97 Å². The molecule has 0 bridgehead atoms. The highest BCUT2D eigenvalue weighted by atomic mass is 16.4. The van der Waals surface area contributed by atoms with Gasteiger partial charge in [-0.05, 0) is 20.3 Å². The smallest absolute Gasteiger partial charge is 0.320 e. The topological polar surface area (TPSA) is 86.9 Å². The molecule has 104 valence electrons. The molecular formula is C12H23N3O3. The second-order valence-electron chi connectivity index (χ2n) is 4.99. The maximum absolute atomic E-state index is 11.9. The summed E-state index contributed by atoms with van der Waals surface area (Å²) < 4.78 is 0. The molecule has 1 amide bonds. The first-order valence-corrected chi connectivity index (χ1v) is 6.42. The molecule has 6 nitrogen and oxygen atoms in total. The summed E-state index contributed by atoms with van der Waals surface area (Å²) in [5.74, 6) is -1.04. The second kappa shape index (κ2) is 6.70. The second-order valence-corrected chi connectivity index (χ2v) is 4.99. The molecule has 1 fully saturated rings. The summed E-state index contributed by atoms with van der Waals surface area (Å²) in [7, 11) is 0. The molecule has 3 N–H and O–H groups in total. The molecular weight excluding hydrogens is 234 g/mol.